The van der Waals surface area contributed by atoms with Gasteiger partial charge in [0.15, 0.2) is 0 Å². The van der Waals surface area contributed by atoms with Crippen LogP contribution >= 0.6 is 0 Å². The van der Waals surface area contributed by atoms with Crippen molar-refractivity contribution in [2.24, 2.45) is 0 Å². The summed E-state index contributed by atoms with van der Waals surface area (Å²) in [4.78, 5) is 4.39. The molecule has 0 saturated carbocycles. The number of aromatic nitrogens is 1. The molecule has 2 heterocycles. The predicted molar refractivity (Wildman–Crippen MR) is 84.1 cm³/mol. The lowest BCUT2D eigenvalue weighted by Gasteiger charge is -2.07. The molecule has 0 fully saturated rings. The molecule has 0 N–H and O–H groups in total. The molecule has 0 unspecified atom stereocenters. The minimum atomic E-state index is 0.416. The molecule has 2 aromatic heterocycles. The van der Waals surface area contributed by atoms with Gasteiger partial charge < -0.3 is 9.15 Å². The highest BCUT2D eigenvalue weighted by Crippen LogP contribution is 2.30. The zero-order valence-corrected chi connectivity index (χ0v) is 12.8. The topological polar surface area (TPSA) is 35.3 Å². The van der Waals surface area contributed by atoms with E-state index in [1.54, 1.807) is 6.26 Å². The van der Waals surface area contributed by atoms with E-state index in [0.29, 0.717) is 11.8 Å². The average Bonchev–Trinajstić information content (AvgIpc) is 2.80. The largest absolute Gasteiger partial charge is 0.464 e. The Bertz CT molecular complexity index is 767. The van der Waals surface area contributed by atoms with Gasteiger partial charge in [0, 0.05) is 23.2 Å². The molecule has 0 bridgehead atoms. The van der Waals surface area contributed by atoms with E-state index in [-0.39, 0.29) is 0 Å². The normalized spacial score (nSPS) is 11.3. The number of hydrogen-bond acceptors (Lipinski definition) is 3. The monoisotopic (exact) mass is 281 g/mol. The summed E-state index contributed by atoms with van der Waals surface area (Å²) in [6, 6.07) is 7.96. The summed E-state index contributed by atoms with van der Waals surface area (Å²) >= 11 is 0. The summed E-state index contributed by atoms with van der Waals surface area (Å²) in [5, 5.41) is 1.05. The van der Waals surface area contributed by atoms with Crippen LogP contribution < -0.4 is 4.74 Å². The minimum absolute atomic E-state index is 0.416. The third-order valence-electron chi connectivity index (χ3n) is 3.50. The molecule has 0 amide bonds. The Morgan fingerprint density at radius 3 is 2.43 bits per heavy atom. The molecule has 3 nitrogen and oxygen atoms in total. The van der Waals surface area contributed by atoms with Crippen molar-refractivity contribution in [1.82, 2.24) is 4.98 Å². The number of hydrogen-bond donors (Lipinski definition) is 0. The fourth-order valence-corrected chi connectivity index (χ4v) is 2.54. The molecule has 3 rings (SSSR count). The molecular weight excluding hydrogens is 262 g/mol. The van der Waals surface area contributed by atoms with Crippen LogP contribution in [0.1, 0.15) is 36.5 Å². The van der Waals surface area contributed by atoms with E-state index < -0.39 is 0 Å². The van der Waals surface area contributed by atoms with Crippen molar-refractivity contribution in [2.75, 3.05) is 0 Å². The summed E-state index contributed by atoms with van der Waals surface area (Å²) in [7, 11) is 0. The molecule has 21 heavy (non-hydrogen) atoms. The summed E-state index contributed by atoms with van der Waals surface area (Å²) in [6.45, 7) is 8.39. The molecule has 108 valence electrons. The first-order valence-electron chi connectivity index (χ1n) is 7.16. The number of benzene rings is 1. The molecule has 1 aromatic carbocycles. The Morgan fingerprint density at radius 2 is 1.76 bits per heavy atom. The Morgan fingerprint density at radius 1 is 1.05 bits per heavy atom. The van der Waals surface area contributed by atoms with Crippen molar-refractivity contribution in [2.45, 2.75) is 33.6 Å². The van der Waals surface area contributed by atoms with Gasteiger partial charge in [0.05, 0.1) is 6.26 Å². The first kappa shape index (κ1) is 13.7. The summed E-state index contributed by atoms with van der Waals surface area (Å²) in [5.74, 6) is 1.77. The van der Waals surface area contributed by atoms with Gasteiger partial charge in [0.25, 0.3) is 0 Å². The zero-order chi connectivity index (χ0) is 15.0. The molecular formula is C18H19NO2. The van der Waals surface area contributed by atoms with Gasteiger partial charge in [-0.1, -0.05) is 19.9 Å². The van der Waals surface area contributed by atoms with Gasteiger partial charge in [-0.2, -0.15) is 0 Å². The van der Waals surface area contributed by atoms with Crippen LogP contribution in [0.25, 0.3) is 11.0 Å². The van der Waals surface area contributed by atoms with Crippen molar-refractivity contribution >= 4 is 11.0 Å². The van der Waals surface area contributed by atoms with Crippen LogP contribution in [0, 0.1) is 13.8 Å². The van der Waals surface area contributed by atoms with Crippen LogP contribution in [0.5, 0.6) is 11.6 Å². The number of aryl methyl sites for hydroxylation is 2. The number of pyridine rings is 1. The van der Waals surface area contributed by atoms with E-state index >= 15 is 0 Å². The number of furan rings is 1. The molecule has 0 aliphatic carbocycles. The molecule has 3 heteroatoms. The zero-order valence-electron chi connectivity index (χ0n) is 12.8. The van der Waals surface area contributed by atoms with Crippen LogP contribution in [0.3, 0.4) is 0 Å². The van der Waals surface area contributed by atoms with E-state index in [1.807, 2.05) is 24.4 Å². The van der Waals surface area contributed by atoms with Gasteiger partial charge in [0.2, 0.25) is 5.88 Å². The Labute approximate surface area is 124 Å². The number of fused-ring (bicyclic) bond motifs is 1. The van der Waals surface area contributed by atoms with E-state index in [4.69, 9.17) is 9.15 Å². The van der Waals surface area contributed by atoms with Crippen molar-refractivity contribution in [1.29, 1.82) is 0 Å². The second-order valence-corrected chi connectivity index (χ2v) is 5.79. The van der Waals surface area contributed by atoms with E-state index in [0.717, 1.165) is 16.7 Å². The first-order chi connectivity index (χ1) is 10.0. The van der Waals surface area contributed by atoms with Crippen LogP contribution in [-0.2, 0) is 0 Å². The second-order valence-electron chi connectivity index (χ2n) is 5.79. The molecule has 0 aliphatic heterocycles. The minimum Gasteiger partial charge on any atom is -0.464 e. The third-order valence-corrected chi connectivity index (χ3v) is 3.50. The van der Waals surface area contributed by atoms with Crippen molar-refractivity contribution in [3.05, 3.63) is 53.4 Å². The maximum atomic E-state index is 5.85. The van der Waals surface area contributed by atoms with Gasteiger partial charge >= 0.3 is 0 Å². The van der Waals surface area contributed by atoms with Crippen LogP contribution in [0.15, 0.2) is 41.1 Å². The molecule has 0 radical (unpaired) electrons. The number of rotatable bonds is 3. The van der Waals surface area contributed by atoms with E-state index in [9.17, 15) is 0 Å². The smallest absolute Gasteiger partial charge is 0.222 e. The van der Waals surface area contributed by atoms with Gasteiger partial charge in [-0.25, -0.2) is 4.98 Å². The third kappa shape index (κ3) is 2.77. The van der Waals surface area contributed by atoms with Crippen LogP contribution in [0.4, 0.5) is 0 Å². The van der Waals surface area contributed by atoms with Gasteiger partial charge in [-0.3, -0.25) is 0 Å². The van der Waals surface area contributed by atoms with E-state index in [1.165, 1.54) is 16.7 Å². The van der Waals surface area contributed by atoms with Gasteiger partial charge in [-0.05, 0) is 43.0 Å². The van der Waals surface area contributed by atoms with E-state index in [2.05, 4.69) is 38.7 Å². The maximum absolute atomic E-state index is 5.85. The van der Waals surface area contributed by atoms with Gasteiger partial charge in [0.1, 0.15) is 11.3 Å². The Kier molecular flexibility index (Phi) is 3.42. The highest BCUT2D eigenvalue weighted by Gasteiger charge is 2.11. The highest BCUT2D eigenvalue weighted by atomic mass is 16.5. The van der Waals surface area contributed by atoms with Crippen LogP contribution in [0.2, 0.25) is 0 Å². The molecule has 0 saturated heterocycles. The standard InChI is InChI=1S/C18H19NO2/c1-11(2)16-10-20-17-8-18(19-9-15(16)17)21-14-6-12(3)5-13(4)7-14/h5-11H,1-4H3. The van der Waals surface area contributed by atoms with Crippen molar-refractivity contribution < 1.29 is 9.15 Å². The lowest BCUT2D eigenvalue weighted by molar-refractivity contribution is 0.461. The highest BCUT2D eigenvalue weighted by molar-refractivity contribution is 5.81. The van der Waals surface area contributed by atoms with Gasteiger partial charge in [-0.15, -0.1) is 0 Å². The number of ether oxygens (including phenoxy) is 1. The summed E-state index contributed by atoms with van der Waals surface area (Å²) in [5.41, 5.74) is 4.33. The first-order valence-corrected chi connectivity index (χ1v) is 7.16. The fourth-order valence-electron chi connectivity index (χ4n) is 2.54. The fraction of sp³-hybridized carbons (Fsp3) is 0.278. The number of nitrogens with zero attached hydrogens (tertiary/aromatic N) is 1. The lowest BCUT2D eigenvalue weighted by atomic mass is 10.0. The Hall–Kier alpha value is -2.29. The Balaban J connectivity index is 1.94. The molecule has 0 aliphatic rings. The second kappa shape index (κ2) is 5.24. The van der Waals surface area contributed by atoms with Crippen molar-refractivity contribution in [3.8, 4) is 11.6 Å². The van der Waals surface area contributed by atoms with Crippen LogP contribution in [-0.4, -0.2) is 4.98 Å². The summed E-state index contributed by atoms with van der Waals surface area (Å²) in [6.07, 6.45) is 3.63. The molecule has 0 spiro atoms. The summed E-state index contributed by atoms with van der Waals surface area (Å²) < 4.78 is 11.5. The lowest BCUT2D eigenvalue weighted by Crippen LogP contribution is -1.90. The SMILES string of the molecule is Cc1cc(C)cc(Oc2cc3occ(C(C)C)c3cn2)c1. The predicted octanol–water partition coefficient (Wildman–Crippen LogP) is 5.36. The van der Waals surface area contributed by atoms with Crippen molar-refractivity contribution in [3.63, 3.8) is 0 Å². The molecule has 0 atom stereocenters. The quantitative estimate of drug-likeness (QED) is 0.648. The maximum Gasteiger partial charge on any atom is 0.222 e. The molecule has 3 aromatic rings. The average molecular weight is 281 g/mol.